The Kier molecular flexibility index (Phi) is 5.44. The molecule has 0 saturated carbocycles. The van der Waals surface area contributed by atoms with E-state index >= 15 is 0 Å². The predicted molar refractivity (Wildman–Crippen MR) is 99.2 cm³/mol. The van der Waals surface area contributed by atoms with E-state index in [4.69, 9.17) is 4.74 Å². The number of carbonyl (C=O) groups is 1. The summed E-state index contributed by atoms with van der Waals surface area (Å²) in [6, 6.07) is 10.1. The minimum atomic E-state index is -0.437. The number of nitrogens with zero attached hydrogens (tertiary/aromatic N) is 3. The lowest BCUT2D eigenvalue weighted by molar-refractivity contribution is 0.0340. The van der Waals surface area contributed by atoms with Crippen molar-refractivity contribution < 1.29 is 14.6 Å². The van der Waals surface area contributed by atoms with Crippen LogP contribution in [0.4, 0.5) is 0 Å². The topological polar surface area (TPSA) is 67.6 Å². The fourth-order valence-electron chi connectivity index (χ4n) is 3.42. The van der Waals surface area contributed by atoms with Gasteiger partial charge in [0.1, 0.15) is 0 Å². The molecule has 6 nitrogen and oxygen atoms in total. The smallest absolute Gasteiger partial charge is 0.257 e. The second-order valence-electron chi connectivity index (χ2n) is 7.44. The van der Waals surface area contributed by atoms with Crippen LogP contribution in [0.2, 0.25) is 0 Å². The monoisotopic (exact) mass is 357 g/mol. The first-order valence-electron chi connectivity index (χ1n) is 8.99. The van der Waals surface area contributed by atoms with E-state index in [1.807, 2.05) is 43.7 Å². The summed E-state index contributed by atoms with van der Waals surface area (Å²) >= 11 is 0. The van der Waals surface area contributed by atoms with Gasteiger partial charge in [0.05, 0.1) is 37.6 Å². The van der Waals surface area contributed by atoms with Crippen molar-refractivity contribution in [3.63, 3.8) is 0 Å². The van der Waals surface area contributed by atoms with Gasteiger partial charge in [-0.25, -0.2) is 0 Å². The maximum Gasteiger partial charge on any atom is 0.257 e. The Morgan fingerprint density at radius 3 is 2.73 bits per heavy atom. The number of hydrogen-bond donors (Lipinski definition) is 1. The van der Waals surface area contributed by atoms with Gasteiger partial charge in [-0.2, -0.15) is 5.10 Å². The zero-order valence-corrected chi connectivity index (χ0v) is 15.7. The van der Waals surface area contributed by atoms with Crippen molar-refractivity contribution in [1.82, 2.24) is 14.7 Å². The van der Waals surface area contributed by atoms with Crippen LogP contribution in [0.5, 0.6) is 0 Å². The maximum atomic E-state index is 13.2. The summed E-state index contributed by atoms with van der Waals surface area (Å²) in [7, 11) is 0. The number of aliphatic hydroxyl groups is 1. The zero-order valence-electron chi connectivity index (χ0n) is 15.7. The zero-order chi connectivity index (χ0) is 18.7. The van der Waals surface area contributed by atoms with Gasteiger partial charge in [0, 0.05) is 24.2 Å². The molecule has 1 aliphatic heterocycles. The molecule has 1 atom stereocenters. The second-order valence-corrected chi connectivity index (χ2v) is 7.44. The molecule has 0 bridgehead atoms. The SMILES string of the molecule is Cc1nn(Cc2ccccc2)c(C)c1C(=O)N1CCOCC(C)(CO)C1. The molecular weight excluding hydrogens is 330 g/mol. The molecule has 1 aromatic heterocycles. The largest absolute Gasteiger partial charge is 0.396 e. The fourth-order valence-corrected chi connectivity index (χ4v) is 3.42. The second kappa shape index (κ2) is 7.60. The highest BCUT2D eigenvalue weighted by Crippen LogP contribution is 2.24. The Morgan fingerprint density at radius 2 is 2.04 bits per heavy atom. The van der Waals surface area contributed by atoms with Crippen LogP contribution in [0.25, 0.3) is 0 Å². The Bertz CT molecular complexity index is 772. The average molecular weight is 357 g/mol. The van der Waals surface area contributed by atoms with Crippen molar-refractivity contribution in [2.24, 2.45) is 5.41 Å². The molecule has 2 heterocycles. The van der Waals surface area contributed by atoms with Crippen LogP contribution in [0.3, 0.4) is 0 Å². The predicted octanol–water partition coefficient (Wildman–Crippen LogP) is 2.02. The van der Waals surface area contributed by atoms with E-state index in [1.165, 1.54) is 0 Å². The number of hydrogen-bond acceptors (Lipinski definition) is 4. The Balaban J connectivity index is 1.85. The Morgan fingerprint density at radius 1 is 1.31 bits per heavy atom. The number of rotatable bonds is 4. The van der Waals surface area contributed by atoms with E-state index in [-0.39, 0.29) is 12.5 Å². The summed E-state index contributed by atoms with van der Waals surface area (Å²) in [5.74, 6) is -0.0375. The summed E-state index contributed by atoms with van der Waals surface area (Å²) < 4.78 is 7.47. The van der Waals surface area contributed by atoms with Gasteiger partial charge in [-0.15, -0.1) is 0 Å². The van der Waals surface area contributed by atoms with Gasteiger partial charge < -0.3 is 14.7 Å². The summed E-state index contributed by atoms with van der Waals surface area (Å²) in [4.78, 5) is 15.0. The molecule has 1 N–H and O–H groups in total. The van der Waals surface area contributed by atoms with Gasteiger partial charge >= 0.3 is 0 Å². The first-order chi connectivity index (χ1) is 12.4. The Labute approximate surface area is 154 Å². The lowest BCUT2D eigenvalue weighted by Crippen LogP contribution is -2.42. The van der Waals surface area contributed by atoms with Crippen molar-refractivity contribution in [1.29, 1.82) is 0 Å². The van der Waals surface area contributed by atoms with E-state index in [1.54, 1.807) is 4.90 Å². The molecule has 6 heteroatoms. The molecule has 1 saturated heterocycles. The molecule has 1 aliphatic rings. The minimum Gasteiger partial charge on any atom is -0.396 e. The third-order valence-corrected chi connectivity index (χ3v) is 4.97. The lowest BCUT2D eigenvalue weighted by atomic mass is 9.92. The highest BCUT2D eigenvalue weighted by molar-refractivity contribution is 5.96. The van der Waals surface area contributed by atoms with E-state index in [0.717, 1.165) is 17.0 Å². The van der Waals surface area contributed by atoms with Crippen LogP contribution >= 0.6 is 0 Å². The van der Waals surface area contributed by atoms with Crippen molar-refractivity contribution in [3.05, 3.63) is 52.8 Å². The van der Waals surface area contributed by atoms with E-state index in [0.29, 0.717) is 38.4 Å². The van der Waals surface area contributed by atoms with Gasteiger partial charge in [0.25, 0.3) is 5.91 Å². The molecule has 1 amide bonds. The Hall–Kier alpha value is -2.18. The van der Waals surface area contributed by atoms with Crippen LogP contribution in [0.15, 0.2) is 30.3 Å². The quantitative estimate of drug-likeness (QED) is 0.909. The number of aromatic nitrogens is 2. The minimum absolute atomic E-state index is 0.0119. The summed E-state index contributed by atoms with van der Waals surface area (Å²) in [6.07, 6.45) is 0. The molecule has 0 aliphatic carbocycles. The number of aliphatic hydroxyl groups excluding tert-OH is 1. The normalized spacial score (nSPS) is 20.8. The van der Waals surface area contributed by atoms with E-state index in [9.17, 15) is 9.90 Å². The molecule has 1 unspecified atom stereocenters. The highest BCUT2D eigenvalue weighted by Gasteiger charge is 2.33. The van der Waals surface area contributed by atoms with Crippen molar-refractivity contribution >= 4 is 5.91 Å². The van der Waals surface area contributed by atoms with Crippen molar-refractivity contribution in [3.8, 4) is 0 Å². The number of ether oxygens (including phenoxy) is 1. The summed E-state index contributed by atoms with van der Waals surface area (Å²) in [6.45, 7) is 8.33. The molecule has 26 heavy (non-hydrogen) atoms. The third kappa shape index (κ3) is 3.81. The van der Waals surface area contributed by atoms with Gasteiger partial charge in [0.2, 0.25) is 0 Å². The summed E-state index contributed by atoms with van der Waals surface area (Å²) in [5, 5.41) is 14.3. The summed E-state index contributed by atoms with van der Waals surface area (Å²) in [5.41, 5.74) is 2.97. The van der Waals surface area contributed by atoms with Gasteiger partial charge in [-0.05, 0) is 19.4 Å². The first kappa shape index (κ1) is 18.6. The number of carbonyl (C=O) groups excluding carboxylic acids is 1. The van der Waals surface area contributed by atoms with E-state index < -0.39 is 5.41 Å². The number of benzene rings is 1. The standard InChI is InChI=1S/C20H27N3O3/c1-15-18(16(2)23(21-15)11-17-7-5-4-6-8-17)19(25)22-9-10-26-14-20(3,12-22)13-24/h4-8,24H,9-14H2,1-3H3. The van der Waals surface area contributed by atoms with Gasteiger partial charge in [-0.3, -0.25) is 9.48 Å². The fraction of sp³-hybridized carbons (Fsp3) is 0.500. The molecule has 2 aromatic rings. The number of amides is 1. The van der Waals surface area contributed by atoms with E-state index in [2.05, 4.69) is 17.2 Å². The molecule has 3 rings (SSSR count). The molecule has 0 radical (unpaired) electrons. The molecule has 140 valence electrons. The molecular formula is C20H27N3O3. The van der Waals surface area contributed by atoms with Gasteiger partial charge in [-0.1, -0.05) is 37.3 Å². The van der Waals surface area contributed by atoms with Crippen LogP contribution in [-0.4, -0.2) is 58.6 Å². The third-order valence-electron chi connectivity index (χ3n) is 4.97. The average Bonchev–Trinajstić information content (AvgIpc) is 2.80. The maximum absolute atomic E-state index is 13.2. The first-order valence-corrected chi connectivity index (χ1v) is 8.99. The molecule has 1 fully saturated rings. The van der Waals surface area contributed by atoms with Crippen LogP contribution in [-0.2, 0) is 11.3 Å². The van der Waals surface area contributed by atoms with Crippen LogP contribution in [0.1, 0.15) is 34.2 Å². The number of aryl methyl sites for hydroxylation is 1. The lowest BCUT2D eigenvalue weighted by Gasteiger charge is -2.30. The van der Waals surface area contributed by atoms with Crippen molar-refractivity contribution in [2.75, 3.05) is 32.9 Å². The van der Waals surface area contributed by atoms with Gasteiger partial charge in [0.15, 0.2) is 0 Å². The van der Waals surface area contributed by atoms with Crippen LogP contribution in [0, 0.1) is 19.3 Å². The highest BCUT2D eigenvalue weighted by atomic mass is 16.5. The molecule has 1 aromatic carbocycles. The van der Waals surface area contributed by atoms with Crippen LogP contribution < -0.4 is 0 Å². The van der Waals surface area contributed by atoms with Crippen molar-refractivity contribution in [2.45, 2.75) is 27.3 Å². The molecule has 0 spiro atoms.